The molecule has 2 amide bonds. The van der Waals surface area contributed by atoms with Crippen molar-refractivity contribution >= 4 is 35.0 Å². The number of rotatable bonds is 4. The van der Waals surface area contributed by atoms with Crippen LogP contribution in [0.3, 0.4) is 0 Å². The van der Waals surface area contributed by atoms with Crippen LogP contribution in [0.5, 0.6) is 0 Å². The van der Waals surface area contributed by atoms with E-state index in [0.717, 1.165) is 0 Å². The van der Waals surface area contributed by atoms with Crippen molar-refractivity contribution in [3.8, 4) is 0 Å². The molecule has 1 unspecified atom stereocenters. The predicted octanol–water partition coefficient (Wildman–Crippen LogP) is 1.90. The number of nitrogens with zero attached hydrogens (tertiary/aromatic N) is 1. The fourth-order valence-corrected chi connectivity index (χ4v) is 2.80. The van der Waals surface area contributed by atoms with Crippen LogP contribution in [-0.4, -0.2) is 49.1 Å². The van der Waals surface area contributed by atoms with Gasteiger partial charge in [0.15, 0.2) is 0 Å². The van der Waals surface area contributed by atoms with Crippen molar-refractivity contribution in [3.63, 3.8) is 0 Å². The summed E-state index contributed by atoms with van der Waals surface area (Å²) in [7, 11) is 0. The number of amides is 2. The first kappa shape index (κ1) is 17.1. The highest BCUT2D eigenvalue weighted by Gasteiger charge is 2.24. The SMILES string of the molecule is CC(NC(=O)Cc1c(Cl)cccc1Cl)C(=O)N1CCOCC1. The molecule has 0 aliphatic carbocycles. The van der Waals surface area contributed by atoms with E-state index in [2.05, 4.69) is 5.32 Å². The number of hydrogen-bond acceptors (Lipinski definition) is 3. The Bertz CT molecular complexity index is 539. The molecule has 1 fully saturated rings. The van der Waals surface area contributed by atoms with Crippen molar-refractivity contribution in [2.24, 2.45) is 0 Å². The number of carbonyl (C=O) groups is 2. The smallest absolute Gasteiger partial charge is 0.245 e. The van der Waals surface area contributed by atoms with Crippen molar-refractivity contribution in [2.75, 3.05) is 26.3 Å². The molecule has 0 radical (unpaired) electrons. The van der Waals surface area contributed by atoms with Gasteiger partial charge in [-0.15, -0.1) is 0 Å². The molecule has 1 aromatic rings. The zero-order valence-electron chi connectivity index (χ0n) is 12.3. The van der Waals surface area contributed by atoms with E-state index < -0.39 is 6.04 Å². The first-order valence-corrected chi connectivity index (χ1v) is 7.83. The Morgan fingerprint density at radius 1 is 1.27 bits per heavy atom. The molecule has 0 bridgehead atoms. The van der Waals surface area contributed by atoms with Crippen molar-refractivity contribution in [2.45, 2.75) is 19.4 Å². The maximum atomic E-state index is 12.2. The van der Waals surface area contributed by atoms with Gasteiger partial charge in [0.2, 0.25) is 11.8 Å². The lowest BCUT2D eigenvalue weighted by atomic mass is 10.1. The lowest BCUT2D eigenvalue weighted by molar-refractivity contribution is -0.139. The number of halogens is 2. The van der Waals surface area contributed by atoms with Gasteiger partial charge >= 0.3 is 0 Å². The zero-order chi connectivity index (χ0) is 16.1. The third-order valence-corrected chi connectivity index (χ3v) is 4.18. The minimum Gasteiger partial charge on any atom is -0.378 e. The quantitative estimate of drug-likeness (QED) is 0.907. The molecule has 5 nitrogen and oxygen atoms in total. The Morgan fingerprint density at radius 2 is 1.86 bits per heavy atom. The molecule has 1 N–H and O–H groups in total. The van der Waals surface area contributed by atoms with Crippen molar-refractivity contribution in [3.05, 3.63) is 33.8 Å². The second kappa shape index (κ2) is 7.81. The molecule has 0 spiro atoms. The van der Waals surface area contributed by atoms with Gasteiger partial charge < -0.3 is 15.0 Å². The summed E-state index contributed by atoms with van der Waals surface area (Å²) in [6.45, 7) is 3.83. The summed E-state index contributed by atoms with van der Waals surface area (Å²) < 4.78 is 5.21. The van der Waals surface area contributed by atoms with Gasteiger partial charge in [0.25, 0.3) is 0 Å². The van der Waals surface area contributed by atoms with Crippen LogP contribution in [0.15, 0.2) is 18.2 Å². The Hall–Kier alpha value is -1.30. The molecular weight excluding hydrogens is 327 g/mol. The normalized spacial score (nSPS) is 16.2. The monoisotopic (exact) mass is 344 g/mol. The fraction of sp³-hybridized carbons (Fsp3) is 0.467. The molecule has 1 atom stereocenters. The van der Waals surface area contributed by atoms with E-state index >= 15 is 0 Å². The Morgan fingerprint density at radius 3 is 2.45 bits per heavy atom. The number of benzene rings is 1. The lowest BCUT2D eigenvalue weighted by Gasteiger charge is -2.29. The summed E-state index contributed by atoms with van der Waals surface area (Å²) in [4.78, 5) is 26.0. The first-order valence-electron chi connectivity index (χ1n) is 7.08. The largest absolute Gasteiger partial charge is 0.378 e. The van der Waals surface area contributed by atoms with Crippen molar-refractivity contribution in [1.82, 2.24) is 10.2 Å². The number of nitrogens with one attached hydrogen (secondary N) is 1. The van der Waals surface area contributed by atoms with Crippen LogP contribution in [0, 0.1) is 0 Å². The molecule has 7 heteroatoms. The summed E-state index contributed by atoms with van der Waals surface area (Å²) >= 11 is 12.1. The number of morpholine rings is 1. The zero-order valence-corrected chi connectivity index (χ0v) is 13.8. The standard InChI is InChI=1S/C15H18Cl2N2O3/c1-10(15(21)19-5-7-22-8-6-19)18-14(20)9-11-12(16)3-2-4-13(11)17/h2-4,10H,5-9H2,1H3,(H,18,20). The van der Waals surface area contributed by atoms with Crippen LogP contribution in [0.25, 0.3) is 0 Å². The van der Waals surface area contributed by atoms with Gasteiger partial charge in [0.05, 0.1) is 19.6 Å². The molecule has 1 saturated heterocycles. The van der Waals surface area contributed by atoms with Gasteiger partial charge in [-0.1, -0.05) is 29.3 Å². The maximum absolute atomic E-state index is 12.2. The van der Waals surface area contributed by atoms with Crippen LogP contribution in [-0.2, 0) is 20.7 Å². The van der Waals surface area contributed by atoms with E-state index in [9.17, 15) is 9.59 Å². The van der Waals surface area contributed by atoms with E-state index in [1.807, 2.05) is 0 Å². The third kappa shape index (κ3) is 4.35. The van der Waals surface area contributed by atoms with Crippen molar-refractivity contribution < 1.29 is 14.3 Å². The summed E-state index contributed by atoms with van der Waals surface area (Å²) in [5.74, 6) is -0.397. The molecule has 1 aliphatic heterocycles. The van der Waals surface area contributed by atoms with E-state index in [4.69, 9.17) is 27.9 Å². The number of hydrogen-bond donors (Lipinski definition) is 1. The highest BCUT2D eigenvalue weighted by molar-refractivity contribution is 6.36. The topological polar surface area (TPSA) is 58.6 Å². The van der Waals surface area contributed by atoms with Gasteiger partial charge in [-0.3, -0.25) is 9.59 Å². The molecule has 1 aliphatic rings. The molecule has 2 rings (SSSR count). The van der Waals surface area contributed by atoms with Crippen molar-refractivity contribution in [1.29, 1.82) is 0 Å². The molecule has 1 aromatic carbocycles. The average molecular weight is 345 g/mol. The molecular formula is C15H18Cl2N2O3. The highest BCUT2D eigenvalue weighted by Crippen LogP contribution is 2.24. The summed E-state index contributed by atoms with van der Waals surface area (Å²) in [6, 6.07) is 4.49. The maximum Gasteiger partial charge on any atom is 0.245 e. The van der Waals surface area contributed by atoms with Gasteiger partial charge in [-0.25, -0.2) is 0 Å². The lowest BCUT2D eigenvalue weighted by Crippen LogP contribution is -2.50. The predicted molar refractivity (Wildman–Crippen MR) is 85.2 cm³/mol. The summed E-state index contributed by atoms with van der Waals surface area (Å²) in [6.07, 6.45) is 0.0409. The van der Waals surface area contributed by atoms with E-state index in [1.165, 1.54) is 0 Å². The number of carbonyl (C=O) groups excluding carboxylic acids is 2. The molecule has 22 heavy (non-hydrogen) atoms. The van der Waals surface area contributed by atoms with E-state index in [1.54, 1.807) is 30.0 Å². The fourth-order valence-electron chi connectivity index (χ4n) is 2.27. The molecule has 0 aromatic heterocycles. The van der Waals surface area contributed by atoms with Gasteiger partial charge in [0, 0.05) is 23.1 Å². The average Bonchev–Trinajstić information content (AvgIpc) is 2.51. The first-order chi connectivity index (χ1) is 10.5. The Kier molecular flexibility index (Phi) is 6.06. The number of ether oxygens (including phenoxy) is 1. The summed E-state index contributed by atoms with van der Waals surface area (Å²) in [5, 5.41) is 3.57. The third-order valence-electron chi connectivity index (χ3n) is 3.47. The molecule has 0 saturated carbocycles. The highest BCUT2D eigenvalue weighted by atomic mass is 35.5. The van der Waals surface area contributed by atoms with Crippen LogP contribution < -0.4 is 5.32 Å². The van der Waals surface area contributed by atoms with Crippen LogP contribution in [0.1, 0.15) is 12.5 Å². The van der Waals surface area contributed by atoms with Gasteiger partial charge in [-0.05, 0) is 24.6 Å². The van der Waals surface area contributed by atoms with E-state index in [-0.39, 0.29) is 18.2 Å². The minimum absolute atomic E-state index is 0.0409. The van der Waals surface area contributed by atoms with Gasteiger partial charge in [0.1, 0.15) is 6.04 Å². The Balaban J connectivity index is 1.92. The van der Waals surface area contributed by atoms with E-state index in [0.29, 0.717) is 41.9 Å². The minimum atomic E-state index is -0.591. The molecule has 120 valence electrons. The summed E-state index contributed by atoms with van der Waals surface area (Å²) in [5.41, 5.74) is 0.564. The van der Waals surface area contributed by atoms with Crippen LogP contribution >= 0.6 is 23.2 Å². The van der Waals surface area contributed by atoms with Crippen LogP contribution in [0.4, 0.5) is 0 Å². The Labute approximate surface area is 139 Å². The van der Waals surface area contributed by atoms with Gasteiger partial charge in [-0.2, -0.15) is 0 Å². The molecule has 1 heterocycles. The second-order valence-electron chi connectivity index (χ2n) is 5.10. The van der Waals surface area contributed by atoms with Crippen LogP contribution in [0.2, 0.25) is 10.0 Å². The second-order valence-corrected chi connectivity index (χ2v) is 5.92.